The zero-order valence-corrected chi connectivity index (χ0v) is 17.1. The monoisotopic (exact) mass is 398 g/mol. The van der Waals surface area contributed by atoms with Crippen LogP contribution in [-0.4, -0.2) is 34.6 Å². The molecule has 2 amide bonds. The highest BCUT2D eigenvalue weighted by Gasteiger charge is 2.43. The van der Waals surface area contributed by atoms with Crippen molar-refractivity contribution in [3.63, 3.8) is 0 Å². The summed E-state index contributed by atoms with van der Waals surface area (Å²) in [6.07, 6.45) is 0.544. The Balaban J connectivity index is 1.69. The van der Waals surface area contributed by atoms with Crippen LogP contribution in [0, 0.1) is 0 Å². The van der Waals surface area contributed by atoms with E-state index in [1.165, 1.54) is 11.3 Å². The number of hydrogen-bond acceptors (Lipinski definition) is 6. The van der Waals surface area contributed by atoms with E-state index >= 15 is 0 Å². The summed E-state index contributed by atoms with van der Waals surface area (Å²) in [5.74, 6) is -1.21. The number of nitrogens with zero attached hydrogens (tertiary/aromatic N) is 1. The summed E-state index contributed by atoms with van der Waals surface area (Å²) >= 11 is 1.34. The molecule has 2 aliphatic rings. The zero-order valence-electron chi connectivity index (χ0n) is 16.3. The number of rotatable bonds is 3. The third kappa shape index (κ3) is 2.77. The van der Waals surface area contributed by atoms with Gasteiger partial charge in [-0.05, 0) is 45.4 Å². The normalized spacial score (nSPS) is 19.5. The minimum atomic E-state index is -0.566. The maximum Gasteiger partial charge on any atom is 0.261 e. The molecule has 7 heteroatoms. The molecule has 6 nitrogen and oxygen atoms in total. The number of carbonyl (C=O) groups is 3. The molecule has 0 spiro atoms. The molecule has 4 rings (SSSR count). The standard InChI is InChI=1S/C21H22N2O4S/c1-20(2)9-13-15(17(22)28-16(13)21(3,4)27-20)14(24)10-23-18(25)11-7-5-6-8-12(11)19(23)26/h5-8H,9-10,22H2,1-4H3. The van der Waals surface area contributed by atoms with Gasteiger partial charge >= 0.3 is 0 Å². The molecule has 0 atom stereocenters. The Bertz CT molecular complexity index is 1000. The first-order chi connectivity index (χ1) is 13.0. The van der Waals surface area contributed by atoms with Gasteiger partial charge in [0.05, 0.1) is 39.4 Å². The van der Waals surface area contributed by atoms with Crippen LogP contribution in [0.25, 0.3) is 0 Å². The second-order valence-electron chi connectivity index (χ2n) is 8.36. The van der Waals surface area contributed by atoms with E-state index in [-0.39, 0.29) is 12.3 Å². The summed E-state index contributed by atoms with van der Waals surface area (Å²) in [5, 5.41) is 0.404. The van der Waals surface area contributed by atoms with Gasteiger partial charge in [0, 0.05) is 11.3 Å². The largest absolute Gasteiger partial charge is 0.390 e. The van der Waals surface area contributed by atoms with Gasteiger partial charge < -0.3 is 10.5 Å². The van der Waals surface area contributed by atoms with Gasteiger partial charge in [0.2, 0.25) is 0 Å². The number of fused-ring (bicyclic) bond motifs is 2. The molecule has 0 unspecified atom stereocenters. The Morgan fingerprint density at radius 1 is 1.14 bits per heavy atom. The average Bonchev–Trinajstić information content (AvgIpc) is 3.04. The van der Waals surface area contributed by atoms with Crippen LogP contribution in [0.2, 0.25) is 0 Å². The number of thiophene rings is 1. The summed E-state index contributed by atoms with van der Waals surface area (Å²) in [6, 6.07) is 6.60. The number of anilines is 1. The second-order valence-corrected chi connectivity index (χ2v) is 9.42. The van der Waals surface area contributed by atoms with Crippen molar-refractivity contribution in [2.45, 2.75) is 45.3 Å². The van der Waals surface area contributed by atoms with Crippen molar-refractivity contribution in [3.8, 4) is 0 Å². The maximum absolute atomic E-state index is 13.2. The summed E-state index contributed by atoms with van der Waals surface area (Å²) in [5.41, 5.74) is 7.14. The molecular weight excluding hydrogens is 376 g/mol. The topological polar surface area (TPSA) is 89.7 Å². The molecule has 146 valence electrons. The van der Waals surface area contributed by atoms with Crippen molar-refractivity contribution >= 4 is 33.9 Å². The highest BCUT2D eigenvalue weighted by Crippen LogP contribution is 2.47. The van der Waals surface area contributed by atoms with E-state index < -0.39 is 23.0 Å². The van der Waals surface area contributed by atoms with Crippen LogP contribution in [0.4, 0.5) is 5.00 Å². The number of amides is 2. The van der Waals surface area contributed by atoms with Crippen molar-refractivity contribution in [3.05, 3.63) is 51.4 Å². The first-order valence-electron chi connectivity index (χ1n) is 9.12. The van der Waals surface area contributed by atoms with Crippen molar-refractivity contribution < 1.29 is 19.1 Å². The predicted octanol–water partition coefficient (Wildman–Crippen LogP) is 3.40. The molecule has 0 bridgehead atoms. The third-order valence-corrected chi connectivity index (χ3v) is 6.54. The van der Waals surface area contributed by atoms with Gasteiger partial charge in [-0.15, -0.1) is 11.3 Å². The van der Waals surface area contributed by atoms with Gasteiger partial charge in [0.25, 0.3) is 11.8 Å². The van der Waals surface area contributed by atoms with E-state index in [0.29, 0.717) is 28.1 Å². The molecule has 0 saturated carbocycles. The lowest BCUT2D eigenvalue weighted by Gasteiger charge is -2.41. The smallest absolute Gasteiger partial charge is 0.261 e. The summed E-state index contributed by atoms with van der Waals surface area (Å²) in [7, 11) is 0. The molecule has 1 aromatic carbocycles. The van der Waals surface area contributed by atoms with Gasteiger partial charge in [-0.1, -0.05) is 12.1 Å². The average molecular weight is 398 g/mol. The second kappa shape index (κ2) is 5.99. The maximum atomic E-state index is 13.2. The number of ether oxygens (including phenoxy) is 1. The fourth-order valence-corrected chi connectivity index (χ4v) is 5.39. The van der Waals surface area contributed by atoms with Gasteiger partial charge in [-0.25, -0.2) is 0 Å². The number of nitrogen functional groups attached to an aromatic ring is 1. The van der Waals surface area contributed by atoms with Gasteiger partial charge in [0.15, 0.2) is 5.78 Å². The Morgan fingerprint density at radius 3 is 2.29 bits per heavy atom. The molecule has 2 aromatic rings. The Labute approximate surface area is 167 Å². The number of nitrogens with two attached hydrogens (primary N) is 1. The van der Waals surface area contributed by atoms with E-state index in [1.54, 1.807) is 24.3 Å². The molecule has 0 saturated heterocycles. The first-order valence-corrected chi connectivity index (χ1v) is 9.94. The number of ketones is 1. The Hall–Kier alpha value is -2.51. The molecule has 2 N–H and O–H groups in total. The summed E-state index contributed by atoms with van der Waals surface area (Å²) in [4.78, 5) is 40.3. The SMILES string of the molecule is CC1(C)Cc2c(sc(N)c2C(=O)CN2C(=O)c3ccccc3C2=O)C(C)(C)O1. The number of Topliss-reactive ketones (excluding diaryl/α,β-unsaturated/α-hetero) is 1. The van der Waals surface area contributed by atoms with E-state index in [2.05, 4.69) is 0 Å². The third-order valence-electron chi connectivity index (χ3n) is 5.17. The molecule has 1 aromatic heterocycles. The fraction of sp³-hybridized carbons (Fsp3) is 0.381. The van der Waals surface area contributed by atoms with Gasteiger partial charge in [-0.2, -0.15) is 0 Å². The number of hydrogen-bond donors (Lipinski definition) is 1. The predicted molar refractivity (Wildman–Crippen MR) is 107 cm³/mol. The molecule has 0 aliphatic carbocycles. The van der Waals surface area contributed by atoms with Crippen LogP contribution < -0.4 is 5.73 Å². The van der Waals surface area contributed by atoms with Crippen molar-refractivity contribution in [2.24, 2.45) is 0 Å². The minimum absolute atomic E-state index is 0.318. The fourth-order valence-electron chi connectivity index (χ4n) is 4.25. The van der Waals surface area contributed by atoms with Crippen molar-refractivity contribution in [2.75, 3.05) is 12.3 Å². The Kier molecular flexibility index (Phi) is 4.03. The van der Waals surface area contributed by atoms with Gasteiger partial charge in [-0.3, -0.25) is 19.3 Å². The van der Waals surface area contributed by atoms with Crippen LogP contribution >= 0.6 is 11.3 Å². The van der Waals surface area contributed by atoms with Crippen LogP contribution in [0.1, 0.15) is 69.2 Å². The van der Waals surface area contributed by atoms with Crippen LogP contribution in [0.15, 0.2) is 24.3 Å². The number of benzene rings is 1. The van der Waals surface area contributed by atoms with E-state index in [0.717, 1.165) is 15.3 Å². The van der Waals surface area contributed by atoms with Gasteiger partial charge in [0.1, 0.15) is 0 Å². The van der Waals surface area contributed by atoms with Crippen LogP contribution in [0.3, 0.4) is 0 Å². The number of carbonyl (C=O) groups excluding carboxylic acids is 3. The zero-order chi connectivity index (χ0) is 20.4. The lowest BCUT2D eigenvalue weighted by molar-refractivity contribution is -0.135. The quantitative estimate of drug-likeness (QED) is 0.632. The van der Waals surface area contributed by atoms with Crippen molar-refractivity contribution in [1.29, 1.82) is 0 Å². The van der Waals surface area contributed by atoms with Crippen molar-refractivity contribution in [1.82, 2.24) is 4.90 Å². The number of imide groups is 1. The summed E-state index contributed by atoms with van der Waals surface area (Å²) < 4.78 is 6.17. The summed E-state index contributed by atoms with van der Waals surface area (Å²) in [6.45, 7) is 7.55. The van der Waals surface area contributed by atoms with Crippen LogP contribution in [-0.2, 0) is 16.8 Å². The molecular formula is C21H22N2O4S. The van der Waals surface area contributed by atoms with E-state index in [9.17, 15) is 14.4 Å². The molecule has 3 heterocycles. The minimum Gasteiger partial charge on any atom is -0.390 e. The highest BCUT2D eigenvalue weighted by atomic mass is 32.1. The lowest BCUT2D eigenvalue weighted by Crippen LogP contribution is -2.42. The Morgan fingerprint density at radius 2 is 1.71 bits per heavy atom. The van der Waals surface area contributed by atoms with E-state index in [1.807, 2.05) is 27.7 Å². The van der Waals surface area contributed by atoms with E-state index in [4.69, 9.17) is 10.5 Å². The molecule has 0 radical (unpaired) electrons. The molecule has 28 heavy (non-hydrogen) atoms. The highest BCUT2D eigenvalue weighted by molar-refractivity contribution is 7.16. The van der Waals surface area contributed by atoms with Crippen LogP contribution in [0.5, 0.6) is 0 Å². The lowest BCUT2D eigenvalue weighted by atomic mass is 9.85. The first kappa shape index (κ1) is 18.8. The molecule has 0 fully saturated rings. The molecule has 2 aliphatic heterocycles.